The molecule has 1 heterocycles. The van der Waals surface area contributed by atoms with Crippen molar-refractivity contribution >= 4 is 5.84 Å². The maximum atomic E-state index is 8.60. The van der Waals surface area contributed by atoms with Gasteiger partial charge in [-0.15, -0.1) is 0 Å². The fraction of sp³-hybridized carbons (Fsp3) is 0.900. The fourth-order valence-electron chi connectivity index (χ4n) is 2.30. The molecule has 1 aliphatic rings. The third kappa shape index (κ3) is 2.61. The van der Waals surface area contributed by atoms with Crippen molar-refractivity contribution < 1.29 is 5.21 Å². The number of nitrogens with two attached hydrogens (primary N) is 1. The zero-order valence-corrected chi connectivity index (χ0v) is 9.27. The van der Waals surface area contributed by atoms with Gasteiger partial charge in [-0.2, -0.15) is 0 Å². The maximum Gasteiger partial charge on any atom is 0.156 e. The van der Waals surface area contributed by atoms with Crippen LogP contribution in [-0.4, -0.2) is 35.1 Å². The van der Waals surface area contributed by atoms with Crippen LogP contribution in [0.25, 0.3) is 0 Å². The summed E-state index contributed by atoms with van der Waals surface area (Å²) in [6.45, 7) is 8.58. The first kappa shape index (κ1) is 11.3. The Balaban J connectivity index is 2.59. The number of rotatable bonds is 2. The lowest BCUT2D eigenvalue weighted by molar-refractivity contribution is 0.126. The number of likely N-dealkylation sites (tertiary alicyclic amines) is 1. The summed E-state index contributed by atoms with van der Waals surface area (Å²) in [4.78, 5) is 2.29. The van der Waals surface area contributed by atoms with Crippen molar-refractivity contribution in [3.8, 4) is 0 Å². The van der Waals surface area contributed by atoms with E-state index in [2.05, 4.69) is 23.9 Å². The van der Waals surface area contributed by atoms with Gasteiger partial charge in [0.2, 0.25) is 0 Å². The van der Waals surface area contributed by atoms with Crippen molar-refractivity contribution in [2.45, 2.75) is 33.2 Å². The molecule has 1 rings (SSSR count). The largest absolute Gasteiger partial charge is 0.409 e. The molecule has 0 aromatic rings. The lowest BCUT2D eigenvalue weighted by atomic mass is 9.91. The average Bonchev–Trinajstić information content (AvgIpc) is 2.14. The zero-order chi connectivity index (χ0) is 10.7. The van der Waals surface area contributed by atoms with Crippen LogP contribution in [0.3, 0.4) is 0 Å². The Morgan fingerprint density at radius 3 is 2.36 bits per heavy atom. The van der Waals surface area contributed by atoms with Gasteiger partial charge in [0.05, 0.1) is 6.04 Å². The Morgan fingerprint density at radius 1 is 1.43 bits per heavy atom. The summed E-state index contributed by atoms with van der Waals surface area (Å²) in [5, 5.41) is 11.7. The van der Waals surface area contributed by atoms with Crippen LogP contribution in [0.5, 0.6) is 0 Å². The summed E-state index contributed by atoms with van der Waals surface area (Å²) in [6, 6.07) is 0.0465. The smallest absolute Gasteiger partial charge is 0.156 e. The van der Waals surface area contributed by atoms with Gasteiger partial charge < -0.3 is 10.9 Å². The lowest BCUT2D eigenvalue weighted by Gasteiger charge is -2.38. The topological polar surface area (TPSA) is 61.8 Å². The van der Waals surface area contributed by atoms with Crippen molar-refractivity contribution in [2.24, 2.45) is 22.7 Å². The number of oxime groups is 1. The van der Waals surface area contributed by atoms with Gasteiger partial charge in [0.1, 0.15) is 0 Å². The number of amidine groups is 1. The van der Waals surface area contributed by atoms with Crippen molar-refractivity contribution in [1.82, 2.24) is 4.90 Å². The highest BCUT2D eigenvalue weighted by Gasteiger charge is 2.26. The summed E-state index contributed by atoms with van der Waals surface area (Å²) in [6.07, 6.45) is 1.28. The second kappa shape index (κ2) is 4.64. The first-order valence-electron chi connectivity index (χ1n) is 5.26. The van der Waals surface area contributed by atoms with E-state index in [1.807, 2.05) is 6.92 Å². The van der Waals surface area contributed by atoms with Crippen molar-refractivity contribution in [3.05, 3.63) is 0 Å². The molecule has 3 N–H and O–H groups in total. The molecule has 0 spiro atoms. The van der Waals surface area contributed by atoms with Crippen molar-refractivity contribution in [2.75, 3.05) is 13.1 Å². The highest BCUT2D eigenvalue weighted by atomic mass is 16.4. The molecule has 0 aromatic carbocycles. The molecular formula is C10H21N3O. The Morgan fingerprint density at radius 2 is 1.93 bits per heavy atom. The monoisotopic (exact) mass is 199 g/mol. The highest BCUT2D eigenvalue weighted by Crippen LogP contribution is 2.22. The molecule has 0 amide bonds. The van der Waals surface area contributed by atoms with E-state index in [-0.39, 0.29) is 6.04 Å². The second-order valence-corrected chi connectivity index (χ2v) is 4.60. The standard InChI is InChI=1S/C10H21N3O/c1-7-4-8(2)6-13(5-7)9(3)10(11)12-14/h7-9,14H,4-6H2,1-3H3,(H2,11,12). The predicted octanol–water partition coefficient (Wildman–Crippen LogP) is 1.10. The van der Waals surface area contributed by atoms with Gasteiger partial charge in [0.15, 0.2) is 5.84 Å². The molecule has 3 atom stereocenters. The number of hydrogen-bond donors (Lipinski definition) is 2. The Labute approximate surface area is 85.8 Å². The van der Waals surface area contributed by atoms with Crippen LogP contribution in [0.15, 0.2) is 5.16 Å². The van der Waals surface area contributed by atoms with Gasteiger partial charge in [0, 0.05) is 13.1 Å². The van der Waals surface area contributed by atoms with E-state index in [1.54, 1.807) is 0 Å². The minimum absolute atomic E-state index is 0.0465. The molecule has 1 fully saturated rings. The minimum atomic E-state index is 0.0465. The zero-order valence-electron chi connectivity index (χ0n) is 9.27. The maximum absolute atomic E-state index is 8.60. The minimum Gasteiger partial charge on any atom is -0.409 e. The van der Waals surface area contributed by atoms with Crippen LogP contribution < -0.4 is 5.73 Å². The van der Waals surface area contributed by atoms with E-state index in [0.29, 0.717) is 17.7 Å². The number of hydrogen-bond acceptors (Lipinski definition) is 3. The normalized spacial score (nSPS) is 32.9. The van der Waals surface area contributed by atoms with Crippen LogP contribution in [0.4, 0.5) is 0 Å². The molecule has 1 aliphatic heterocycles. The van der Waals surface area contributed by atoms with Crippen LogP contribution in [0.1, 0.15) is 27.2 Å². The predicted molar refractivity (Wildman–Crippen MR) is 57.4 cm³/mol. The van der Waals surface area contributed by atoms with Crippen molar-refractivity contribution in [3.63, 3.8) is 0 Å². The third-order valence-corrected chi connectivity index (χ3v) is 2.99. The van der Waals surface area contributed by atoms with Crippen LogP contribution >= 0.6 is 0 Å². The quantitative estimate of drug-likeness (QED) is 0.303. The molecule has 0 aliphatic carbocycles. The van der Waals surface area contributed by atoms with E-state index in [4.69, 9.17) is 10.9 Å². The molecule has 0 saturated carbocycles. The van der Waals surface area contributed by atoms with Gasteiger partial charge in [-0.05, 0) is 25.2 Å². The SMILES string of the molecule is CC1CC(C)CN(C(C)/C(N)=N/O)C1. The molecule has 0 bridgehead atoms. The van der Waals surface area contributed by atoms with Gasteiger partial charge in [0.25, 0.3) is 0 Å². The van der Waals surface area contributed by atoms with Crippen molar-refractivity contribution in [1.29, 1.82) is 0 Å². The van der Waals surface area contributed by atoms with Crippen LogP contribution in [0, 0.1) is 11.8 Å². The summed E-state index contributed by atoms with van der Waals surface area (Å²) < 4.78 is 0. The molecule has 3 unspecified atom stereocenters. The van der Waals surface area contributed by atoms with Crippen LogP contribution in [0.2, 0.25) is 0 Å². The molecule has 1 saturated heterocycles. The molecule has 14 heavy (non-hydrogen) atoms. The van der Waals surface area contributed by atoms with E-state index in [0.717, 1.165) is 13.1 Å². The molecule has 4 nitrogen and oxygen atoms in total. The van der Waals surface area contributed by atoms with Gasteiger partial charge in [-0.1, -0.05) is 19.0 Å². The third-order valence-electron chi connectivity index (χ3n) is 2.99. The highest BCUT2D eigenvalue weighted by molar-refractivity contribution is 5.84. The van der Waals surface area contributed by atoms with Gasteiger partial charge in [-0.25, -0.2) is 0 Å². The summed E-state index contributed by atoms with van der Waals surface area (Å²) >= 11 is 0. The summed E-state index contributed by atoms with van der Waals surface area (Å²) in [5.41, 5.74) is 5.60. The molecule has 82 valence electrons. The first-order valence-corrected chi connectivity index (χ1v) is 5.26. The molecular weight excluding hydrogens is 178 g/mol. The van der Waals surface area contributed by atoms with E-state index in [1.165, 1.54) is 6.42 Å². The summed E-state index contributed by atoms with van der Waals surface area (Å²) in [5.74, 6) is 1.71. The lowest BCUT2D eigenvalue weighted by Crippen LogP contribution is -2.49. The second-order valence-electron chi connectivity index (χ2n) is 4.60. The first-order chi connectivity index (χ1) is 6.54. The van der Waals surface area contributed by atoms with E-state index in [9.17, 15) is 0 Å². The Hall–Kier alpha value is -0.770. The Kier molecular flexibility index (Phi) is 3.75. The molecule has 4 heteroatoms. The number of nitrogens with zero attached hydrogens (tertiary/aromatic N) is 2. The average molecular weight is 199 g/mol. The molecule has 0 radical (unpaired) electrons. The van der Waals surface area contributed by atoms with Crippen LogP contribution in [-0.2, 0) is 0 Å². The van der Waals surface area contributed by atoms with Gasteiger partial charge in [-0.3, -0.25) is 4.90 Å². The fourth-order valence-corrected chi connectivity index (χ4v) is 2.30. The molecule has 0 aromatic heterocycles. The number of piperidine rings is 1. The van der Waals surface area contributed by atoms with E-state index >= 15 is 0 Å². The summed E-state index contributed by atoms with van der Waals surface area (Å²) in [7, 11) is 0. The van der Waals surface area contributed by atoms with E-state index < -0.39 is 0 Å². The van der Waals surface area contributed by atoms with Gasteiger partial charge >= 0.3 is 0 Å². The Bertz CT molecular complexity index is 207.